The van der Waals surface area contributed by atoms with Gasteiger partial charge in [-0.1, -0.05) is 36.4 Å². The topological polar surface area (TPSA) is 25.2 Å². The fourth-order valence-electron chi connectivity index (χ4n) is 2.76. The molecule has 0 amide bonds. The molecule has 1 N–H and O–H groups in total. The average Bonchev–Trinajstić information content (AvgIpc) is 2.87. The average molecular weight is 273 g/mol. The number of para-hydroxylation sites is 1. The molecule has 1 aromatic heterocycles. The SMILES string of the molecule is Cc1cccc(Nc2cccc3oc4ccccc4c23)c1. The molecule has 102 valence electrons. The van der Waals surface area contributed by atoms with E-state index >= 15 is 0 Å². The van der Waals surface area contributed by atoms with Crippen LogP contribution in [-0.2, 0) is 0 Å². The monoisotopic (exact) mass is 273 g/mol. The molecule has 0 radical (unpaired) electrons. The van der Waals surface area contributed by atoms with Gasteiger partial charge in [0.1, 0.15) is 11.2 Å². The zero-order valence-corrected chi connectivity index (χ0v) is 11.8. The molecule has 2 nitrogen and oxygen atoms in total. The lowest BCUT2D eigenvalue weighted by atomic mass is 10.1. The lowest BCUT2D eigenvalue weighted by molar-refractivity contribution is 0.669. The van der Waals surface area contributed by atoms with E-state index in [9.17, 15) is 0 Å². The molecule has 0 unspecified atom stereocenters. The van der Waals surface area contributed by atoms with Gasteiger partial charge in [0, 0.05) is 11.1 Å². The number of hydrogen-bond acceptors (Lipinski definition) is 2. The van der Waals surface area contributed by atoms with E-state index in [0.717, 1.165) is 33.3 Å². The van der Waals surface area contributed by atoms with Crippen LogP contribution in [0.1, 0.15) is 5.56 Å². The minimum Gasteiger partial charge on any atom is -0.456 e. The predicted octanol–water partition coefficient (Wildman–Crippen LogP) is 5.64. The molecule has 0 aliphatic rings. The Hall–Kier alpha value is -2.74. The summed E-state index contributed by atoms with van der Waals surface area (Å²) < 4.78 is 5.91. The summed E-state index contributed by atoms with van der Waals surface area (Å²) in [6, 6.07) is 22.6. The highest BCUT2D eigenvalue weighted by Crippen LogP contribution is 2.35. The lowest BCUT2D eigenvalue weighted by Gasteiger charge is -2.08. The van der Waals surface area contributed by atoms with E-state index in [4.69, 9.17) is 4.42 Å². The van der Waals surface area contributed by atoms with Crippen LogP contribution in [0, 0.1) is 6.92 Å². The maximum absolute atomic E-state index is 5.91. The molecule has 1 heterocycles. The van der Waals surface area contributed by atoms with Crippen molar-refractivity contribution >= 4 is 33.3 Å². The standard InChI is InChI=1S/C19H15NO/c1-13-6-4-7-14(12-13)20-16-9-5-11-18-19(16)15-8-2-3-10-17(15)21-18/h2-12,20H,1H3. The van der Waals surface area contributed by atoms with Crippen LogP contribution in [0.25, 0.3) is 21.9 Å². The second kappa shape index (κ2) is 4.67. The number of benzene rings is 3. The molecule has 0 saturated carbocycles. The van der Waals surface area contributed by atoms with Gasteiger partial charge in [-0.2, -0.15) is 0 Å². The molecule has 0 aliphatic carbocycles. The fourth-order valence-corrected chi connectivity index (χ4v) is 2.76. The molecule has 0 atom stereocenters. The second-order valence-corrected chi connectivity index (χ2v) is 5.27. The molecule has 3 aromatic carbocycles. The van der Waals surface area contributed by atoms with Crippen LogP contribution < -0.4 is 5.32 Å². The number of rotatable bonds is 2. The van der Waals surface area contributed by atoms with Gasteiger partial charge in [-0.3, -0.25) is 0 Å². The maximum atomic E-state index is 5.91. The van der Waals surface area contributed by atoms with Gasteiger partial charge in [0.25, 0.3) is 0 Å². The molecule has 0 saturated heterocycles. The Morgan fingerprint density at radius 2 is 1.62 bits per heavy atom. The number of fused-ring (bicyclic) bond motifs is 3. The summed E-state index contributed by atoms with van der Waals surface area (Å²) in [6.07, 6.45) is 0. The third-order valence-corrected chi connectivity index (χ3v) is 3.70. The van der Waals surface area contributed by atoms with Gasteiger partial charge in [-0.05, 0) is 42.8 Å². The van der Waals surface area contributed by atoms with Crippen molar-refractivity contribution in [2.45, 2.75) is 6.92 Å². The van der Waals surface area contributed by atoms with Crippen molar-refractivity contribution in [3.05, 3.63) is 72.3 Å². The molecule has 2 heteroatoms. The first kappa shape index (κ1) is 12.0. The van der Waals surface area contributed by atoms with Gasteiger partial charge in [0.05, 0.1) is 11.1 Å². The van der Waals surface area contributed by atoms with Crippen LogP contribution in [-0.4, -0.2) is 0 Å². The second-order valence-electron chi connectivity index (χ2n) is 5.27. The van der Waals surface area contributed by atoms with Gasteiger partial charge in [0.15, 0.2) is 0 Å². The first-order chi connectivity index (χ1) is 10.3. The molecule has 0 fully saturated rings. The van der Waals surface area contributed by atoms with E-state index in [1.165, 1.54) is 5.56 Å². The summed E-state index contributed by atoms with van der Waals surface area (Å²) in [6.45, 7) is 2.10. The molecule has 4 aromatic rings. The Kier molecular flexibility index (Phi) is 2.68. The molecule has 4 rings (SSSR count). The third kappa shape index (κ3) is 2.05. The van der Waals surface area contributed by atoms with E-state index in [0.29, 0.717) is 0 Å². The molecule has 21 heavy (non-hydrogen) atoms. The molecule has 0 bridgehead atoms. The fraction of sp³-hybridized carbons (Fsp3) is 0.0526. The van der Waals surface area contributed by atoms with E-state index in [-0.39, 0.29) is 0 Å². The van der Waals surface area contributed by atoms with Crippen LogP contribution in [0.2, 0.25) is 0 Å². The van der Waals surface area contributed by atoms with Crippen LogP contribution in [0.15, 0.2) is 71.1 Å². The Balaban J connectivity index is 1.92. The normalized spacial score (nSPS) is 11.1. The van der Waals surface area contributed by atoms with Crippen molar-refractivity contribution in [1.82, 2.24) is 0 Å². The van der Waals surface area contributed by atoms with Crippen molar-refractivity contribution in [1.29, 1.82) is 0 Å². The summed E-state index contributed by atoms with van der Waals surface area (Å²) in [4.78, 5) is 0. The first-order valence-electron chi connectivity index (χ1n) is 7.05. The van der Waals surface area contributed by atoms with Gasteiger partial charge in [0.2, 0.25) is 0 Å². The minimum atomic E-state index is 0.911. The third-order valence-electron chi connectivity index (χ3n) is 3.70. The van der Waals surface area contributed by atoms with E-state index < -0.39 is 0 Å². The summed E-state index contributed by atoms with van der Waals surface area (Å²) >= 11 is 0. The van der Waals surface area contributed by atoms with Crippen molar-refractivity contribution in [3.8, 4) is 0 Å². The van der Waals surface area contributed by atoms with E-state index in [1.807, 2.05) is 30.3 Å². The van der Waals surface area contributed by atoms with Gasteiger partial charge < -0.3 is 9.73 Å². The smallest absolute Gasteiger partial charge is 0.137 e. The summed E-state index contributed by atoms with van der Waals surface area (Å²) in [5.74, 6) is 0. The summed E-state index contributed by atoms with van der Waals surface area (Å²) in [7, 11) is 0. The summed E-state index contributed by atoms with van der Waals surface area (Å²) in [5, 5.41) is 5.78. The van der Waals surface area contributed by atoms with Gasteiger partial charge in [-0.25, -0.2) is 0 Å². The largest absolute Gasteiger partial charge is 0.456 e. The number of hydrogen-bond donors (Lipinski definition) is 1. The Labute approximate surface area is 123 Å². The van der Waals surface area contributed by atoms with Crippen LogP contribution in [0.3, 0.4) is 0 Å². The Morgan fingerprint density at radius 1 is 0.810 bits per heavy atom. The van der Waals surface area contributed by atoms with Crippen LogP contribution in [0.5, 0.6) is 0 Å². The quantitative estimate of drug-likeness (QED) is 0.511. The minimum absolute atomic E-state index is 0.911. The molecular weight excluding hydrogens is 258 g/mol. The number of aryl methyl sites for hydroxylation is 1. The van der Waals surface area contributed by atoms with Crippen LogP contribution >= 0.6 is 0 Å². The highest BCUT2D eigenvalue weighted by Gasteiger charge is 2.10. The zero-order chi connectivity index (χ0) is 14.2. The predicted molar refractivity (Wildman–Crippen MR) is 88.2 cm³/mol. The number of anilines is 2. The maximum Gasteiger partial charge on any atom is 0.137 e. The first-order valence-corrected chi connectivity index (χ1v) is 7.05. The van der Waals surface area contributed by atoms with Crippen molar-refractivity contribution < 1.29 is 4.42 Å². The Morgan fingerprint density at radius 3 is 2.52 bits per heavy atom. The van der Waals surface area contributed by atoms with Crippen molar-refractivity contribution in [2.75, 3.05) is 5.32 Å². The van der Waals surface area contributed by atoms with Gasteiger partial charge in [-0.15, -0.1) is 0 Å². The lowest BCUT2D eigenvalue weighted by Crippen LogP contribution is -1.91. The molecule has 0 aliphatic heterocycles. The Bertz CT molecular complexity index is 937. The van der Waals surface area contributed by atoms with Gasteiger partial charge >= 0.3 is 0 Å². The highest BCUT2D eigenvalue weighted by atomic mass is 16.3. The van der Waals surface area contributed by atoms with Crippen molar-refractivity contribution in [2.24, 2.45) is 0 Å². The zero-order valence-electron chi connectivity index (χ0n) is 11.8. The highest BCUT2D eigenvalue weighted by molar-refractivity contribution is 6.11. The molecular formula is C19H15NO. The van der Waals surface area contributed by atoms with Crippen LogP contribution in [0.4, 0.5) is 11.4 Å². The summed E-state index contributed by atoms with van der Waals surface area (Å²) in [5.41, 5.74) is 5.24. The van der Waals surface area contributed by atoms with E-state index in [2.05, 4.69) is 48.6 Å². The van der Waals surface area contributed by atoms with Crippen molar-refractivity contribution in [3.63, 3.8) is 0 Å². The molecule has 0 spiro atoms. The van der Waals surface area contributed by atoms with E-state index in [1.54, 1.807) is 0 Å². The number of furan rings is 1. The number of nitrogens with one attached hydrogen (secondary N) is 1.